The van der Waals surface area contributed by atoms with E-state index in [-0.39, 0.29) is 23.4 Å². The van der Waals surface area contributed by atoms with Gasteiger partial charge in [-0.3, -0.25) is 9.69 Å². The van der Waals surface area contributed by atoms with Gasteiger partial charge in [-0.25, -0.2) is 8.93 Å². The lowest BCUT2D eigenvalue weighted by atomic mass is 10.1. The van der Waals surface area contributed by atoms with E-state index in [1.54, 1.807) is 54.6 Å². The quantitative estimate of drug-likeness (QED) is 0.424. The zero-order valence-electron chi connectivity index (χ0n) is 19.1. The largest absolute Gasteiger partial charge is 0.435 e. The van der Waals surface area contributed by atoms with Crippen LogP contribution in [-0.4, -0.2) is 35.4 Å². The number of oxazole rings is 1. The number of aromatic nitrogens is 1. The molecule has 184 valence electrons. The second-order valence-corrected chi connectivity index (χ2v) is 8.88. The Morgan fingerprint density at radius 2 is 1.89 bits per heavy atom. The highest BCUT2D eigenvalue weighted by Crippen LogP contribution is 2.43. The van der Waals surface area contributed by atoms with Crippen LogP contribution in [0.15, 0.2) is 52.9 Å². The maximum Gasteiger partial charge on any atom is 0.387 e. The minimum Gasteiger partial charge on any atom is -0.435 e. The molecule has 1 fully saturated rings. The summed E-state index contributed by atoms with van der Waals surface area (Å²) in [4.78, 5) is 17.6. The first-order chi connectivity index (χ1) is 16.8. The number of hydrogen-bond acceptors (Lipinski definition) is 7. The molecule has 1 N–H and O–H groups in total. The monoisotopic (exact) mass is 502 g/mol. The van der Waals surface area contributed by atoms with Crippen molar-refractivity contribution in [1.29, 1.82) is 5.26 Å². The van der Waals surface area contributed by atoms with E-state index in [0.717, 1.165) is 18.4 Å². The van der Waals surface area contributed by atoms with E-state index in [1.807, 2.05) is 0 Å². The Morgan fingerprint density at radius 1 is 1.26 bits per heavy atom. The summed E-state index contributed by atoms with van der Waals surface area (Å²) >= 11 is 0. The first-order valence-corrected chi connectivity index (χ1v) is 12.2. The number of nitrogens with zero attached hydrogens (tertiary/aromatic N) is 3. The molecule has 35 heavy (non-hydrogen) atoms. The highest BCUT2D eigenvalue weighted by atomic mass is 32.2. The lowest BCUT2D eigenvalue weighted by Gasteiger charge is -2.21. The van der Waals surface area contributed by atoms with Crippen molar-refractivity contribution in [3.05, 3.63) is 71.1 Å². The molecule has 1 aliphatic rings. The van der Waals surface area contributed by atoms with Crippen molar-refractivity contribution in [3.8, 4) is 11.8 Å². The van der Waals surface area contributed by atoms with Gasteiger partial charge >= 0.3 is 12.6 Å². The molecule has 1 unspecified atom stereocenters. The van der Waals surface area contributed by atoms with Crippen LogP contribution in [0.2, 0.25) is 0 Å². The van der Waals surface area contributed by atoms with Gasteiger partial charge in [0.25, 0.3) is 0 Å². The van der Waals surface area contributed by atoms with Gasteiger partial charge in [0, 0.05) is 17.9 Å². The summed E-state index contributed by atoms with van der Waals surface area (Å²) in [6, 6.07) is 15.4. The predicted octanol–water partition coefficient (Wildman–Crippen LogP) is 4.68. The van der Waals surface area contributed by atoms with Crippen molar-refractivity contribution in [1.82, 2.24) is 9.71 Å². The fraction of sp³-hybridized carbons (Fsp3) is 0.292. The lowest BCUT2D eigenvalue weighted by molar-refractivity contribution is -0.0498. The maximum absolute atomic E-state index is 12.4. The number of alkyl halides is 2. The molecular weight excluding hydrogens is 478 g/mol. The van der Waals surface area contributed by atoms with Gasteiger partial charge in [0.2, 0.25) is 0 Å². The summed E-state index contributed by atoms with van der Waals surface area (Å²) in [7, 11) is 0.826. The highest BCUT2D eigenvalue weighted by Gasteiger charge is 2.32. The third-order valence-electron chi connectivity index (χ3n) is 5.05. The number of carbonyl (C=O) groups excluding carboxylic acids is 1. The van der Waals surface area contributed by atoms with Gasteiger partial charge in [-0.15, -0.1) is 0 Å². The molecule has 3 aromatic rings. The SMILES string of the molecule is CNS(C)=O.N#Cc1ccc(N(Cc2ccc(OC(F)F)cc2)c2nc(C=O)c(C3CC3)o2)cc1. The van der Waals surface area contributed by atoms with E-state index < -0.39 is 17.6 Å². The van der Waals surface area contributed by atoms with Crippen LogP contribution in [-0.2, 0) is 17.5 Å². The minimum absolute atomic E-state index is 0.0639. The van der Waals surface area contributed by atoms with Gasteiger partial charge in [-0.05, 0) is 61.9 Å². The van der Waals surface area contributed by atoms with Crippen LogP contribution in [0.25, 0.3) is 0 Å². The van der Waals surface area contributed by atoms with E-state index in [2.05, 4.69) is 20.5 Å². The minimum atomic E-state index is -2.89. The van der Waals surface area contributed by atoms with Crippen LogP contribution < -0.4 is 14.4 Å². The van der Waals surface area contributed by atoms with Crippen LogP contribution in [0, 0.1) is 11.3 Å². The average molecular weight is 503 g/mol. The Bertz CT molecular complexity index is 1190. The van der Waals surface area contributed by atoms with Gasteiger partial charge in [-0.1, -0.05) is 12.1 Å². The normalized spacial score (nSPS) is 13.4. The first kappa shape index (κ1) is 26.0. The summed E-state index contributed by atoms with van der Waals surface area (Å²) in [5.74, 6) is 0.855. The van der Waals surface area contributed by atoms with Crippen molar-refractivity contribution in [2.75, 3.05) is 18.2 Å². The van der Waals surface area contributed by atoms with Crippen LogP contribution >= 0.6 is 0 Å². The Labute approximate surface area is 204 Å². The Morgan fingerprint density at radius 3 is 2.37 bits per heavy atom. The third-order valence-corrected chi connectivity index (χ3v) is 5.62. The van der Waals surface area contributed by atoms with Gasteiger partial charge in [0.05, 0.1) is 29.2 Å². The van der Waals surface area contributed by atoms with Gasteiger partial charge in [0.15, 0.2) is 6.29 Å². The fourth-order valence-corrected chi connectivity index (χ4v) is 3.11. The molecule has 0 saturated heterocycles. The molecule has 8 nitrogen and oxygen atoms in total. The topological polar surface area (TPSA) is 108 Å². The van der Waals surface area contributed by atoms with Crippen LogP contribution in [0.3, 0.4) is 0 Å². The van der Waals surface area contributed by atoms with E-state index in [9.17, 15) is 17.8 Å². The van der Waals surface area contributed by atoms with Crippen LogP contribution in [0.5, 0.6) is 5.75 Å². The zero-order chi connectivity index (χ0) is 25.4. The molecule has 1 aliphatic carbocycles. The molecule has 1 heterocycles. The Balaban J connectivity index is 0.000000623. The number of nitrogens with one attached hydrogen (secondary N) is 1. The van der Waals surface area contributed by atoms with Crippen molar-refractivity contribution in [2.24, 2.45) is 0 Å². The second-order valence-electron chi connectivity index (χ2n) is 7.56. The van der Waals surface area contributed by atoms with Crippen LogP contribution in [0.4, 0.5) is 20.5 Å². The summed E-state index contributed by atoms with van der Waals surface area (Å²) < 4.78 is 47.4. The molecule has 1 atom stereocenters. The molecule has 2 aromatic carbocycles. The summed E-state index contributed by atoms with van der Waals surface area (Å²) in [5, 5.41) is 9.05. The van der Waals surface area contributed by atoms with Gasteiger partial charge in [0.1, 0.15) is 17.2 Å². The maximum atomic E-state index is 12.4. The molecule has 0 spiro atoms. The number of benzene rings is 2. The number of hydrogen-bond donors (Lipinski definition) is 1. The molecule has 1 saturated carbocycles. The smallest absolute Gasteiger partial charge is 0.387 e. The Hall–Kier alpha value is -3.62. The van der Waals surface area contributed by atoms with Crippen molar-refractivity contribution in [3.63, 3.8) is 0 Å². The number of nitriles is 1. The number of carbonyl (C=O) groups is 1. The lowest BCUT2D eigenvalue weighted by Crippen LogP contribution is -2.17. The first-order valence-electron chi connectivity index (χ1n) is 10.6. The molecule has 0 bridgehead atoms. The highest BCUT2D eigenvalue weighted by molar-refractivity contribution is 7.82. The van der Waals surface area contributed by atoms with Gasteiger partial charge in [-0.2, -0.15) is 19.0 Å². The van der Waals surface area contributed by atoms with Gasteiger partial charge < -0.3 is 9.15 Å². The molecular formula is C24H24F2N4O4S. The van der Waals surface area contributed by atoms with Crippen LogP contribution in [0.1, 0.15) is 46.1 Å². The fourth-order valence-electron chi connectivity index (χ4n) is 3.11. The summed E-state index contributed by atoms with van der Waals surface area (Å²) in [5.41, 5.74) is 2.29. The molecule has 11 heteroatoms. The molecule has 0 aliphatic heterocycles. The zero-order valence-corrected chi connectivity index (χ0v) is 19.9. The van der Waals surface area contributed by atoms with E-state index in [4.69, 9.17) is 9.68 Å². The summed E-state index contributed by atoms with van der Waals surface area (Å²) in [6.07, 6.45) is 4.18. The van der Waals surface area contributed by atoms with Crippen molar-refractivity contribution < 1.29 is 26.9 Å². The average Bonchev–Trinajstić information content (AvgIpc) is 3.62. The molecule has 4 rings (SSSR count). The van der Waals surface area contributed by atoms with Crippen molar-refractivity contribution in [2.45, 2.75) is 31.9 Å². The van der Waals surface area contributed by atoms with E-state index in [0.29, 0.717) is 29.8 Å². The number of halogens is 2. The van der Waals surface area contributed by atoms with E-state index >= 15 is 0 Å². The number of ether oxygens (including phenoxy) is 1. The number of anilines is 2. The van der Waals surface area contributed by atoms with Crippen molar-refractivity contribution >= 4 is 29.0 Å². The summed E-state index contributed by atoms with van der Waals surface area (Å²) in [6.45, 7) is -2.58. The molecule has 1 aromatic heterocycles. The predicted molar refractivity (Wildman–Crippen MR) is 127 cm³/mol. The Kier molecular flexibility index (Phi) is 9.05. The number of rotatable bonds is 9. The molecule has 0 radical (unpaired) electrons. The second kappa shape index (κ2) is 12.2. The van der Waals surface area contributed by atoms with E-state index in [1.165, 1.54) is 12.1 Å². The standard InChI is InChI=1S/C22H17F2N3O3.C2H7NOS/c23-21(24)29-18-9-3-15(4-10-18)12-27(17-7-1-14(11-25)2-8-17)22-26-19(13-28)20(30-22)16-5-6-16;1-3-5(2)4/h1-4,7-10,13,16,21H,5-6,12H2;3H,1-2H3. The number of aldehydes is 1. The molecule has 0 amide bonds. The third kappa shape index (κ3) is 7.43.